The maximum Gasteiger partial charge on any atom is 0.252 e. The molecule has 2 heterocycles. The van der Waals surface area contributed by atoms with Gasteiger partial charge in [0.1, 0.15) is 5.54 Å². The Kier molecular flexibility index (Phi) is 3.12. The molecule has 2 aliphatic heterocycles. The summed E-state index contributed by atoms with van der Waals surface area (Å²) in [5.41, 5.74) is -0.523. The SMILES string of the molecule is CC(C)N=C1NC(=O)C2(CC(C)OC(C)C2)N1. The van der Waals surface area contributed by atoms with Crippen LogP contribution in [0.15, 0.2) is 4.99 Å². The number of nitrogens with one attached hydrogen (secondary N) is 2. The lowest BCUT2D eigenvalue weighted by atomic mass is 9.84. The lowest BCUT2D eigenvalue weighted by Crippen LogP contribution is -2.55. The van der Waals surface area contributed by atoms with Gasteiger partial charge < -0.3 is 10.1 Å². The summed E-state index contributed by atoms with van der Waals surface area (Å²) in [4.78, 5) is 16.5. The first-order valence-corrected chi connectivity index (χ1v) is 6.24. The molecule has 2 N–H and O–H groups in total. The number of carbonyl (C=O) groups excluding carboxylic acids is 1. The van der Waals surface area contributed by atoms with Crippen LogP contribution in [0.4, 0.5) is 0 Å². The Morgan fingerprint density at radius 2 is 1.94 bits per heavy atom. The molecule has 0 saturated carbocycles. The highest BCUT2D eigenvalue weighted by Crippen LogP contribution is 2.31. The maximum atomic E-state index is 12.1. The molecule has 2 aliphatic rings. The zero-order valence-corrected chi connectivity index (χ0v) is 10.9. The molecule has 2 fully saturated rings. The van der Waals surface area contributed by atoms with Crippen LogP contribution in [-0.4, -0.2) is 35.7 Å². The molecule has 0 aromatic carbocycles. The molecule has 17 heavy (non-hydrogen) atoms. The first-order chi connectivity index (χ1) is 7.91. The zero-order valence-electron chi connectivity index (χ0n) is 10.9. The Morgan fingerprint density at radius 1 is 1.35 bits per heavy atom. The van der Waals surface area contributed by atoms with Crippen LogP contribution in [0.3, 0.4) is 0 Å². The van der Waals surface area contributed by atoms with Gasteiger partial charge in [-0.2, -0.15) is 0 Å². The van der Waals surface area contributed by atoms with Crippen LogP contribution in [0, 0.1) is 0 Å². The number of guanidine groups is 1. The molecule has 0 aromatic heterocycles. The van der Waals surface area contributed by atoms with Gasteiger partial charge in [-0.1, -0.05) is 0 Å². The van der Waals surface area contributed by atoms with E-state index in [2.05, 4.69) is 15.6 Å². The van der Waals surface area contributed by atoms with Crippen molar-refractivity contribution in [3.63, 3.8) is 0 Å². The van der Waals surface area contributed by atoms with E-state index in [9.17, 15) is 4.79 Å². The fourth-order valence-electron chi connectivity index (χ4n) is 2.71. The second kappa shape index (κ2) is 4.29. The lowest BCUT2D eigenvalue weighted by molar-refractivity contribution is -0.133. The normalized spacial score (nSPS) is 39.8. The van der Waals surface area contributed by atoms with Gasteiger partial charge in [0.15, 0.2) is 5.96 Å². The van der Waals surface area contributed by atoms with E-state index in [1.165, 1.54) is 0 Å². The van der Waals surface area contributed by atoms with Crippen molar-refractivity contribution in [3.05, 3.63) is 0 Å². The number of amides is 1. The number of rotatable bonds is 1. The van der Waals surface area contributed by atoms with Gasteiger partial charge in [-0.3, -0.25) is 15.1 Å². The van der Waals surface area contributed by atoms with Gasteiger partial charge in [0.2, 0.25) is 0 Å². The topological polar surface area (TPSA) is 62.7 Å². The lowest BCUT2D eigenvalue weighted by Gasteiger charge is -2.38. The van der Waals surface area contributed by atoms with Crippen molar-refractivity contribution in [1.82, 2.24) is 10.6 Å². The molecule has 96 valence electrons. The predicted molar refractivity (Wildman–Crippen MR) is 65.8 cm³/mol. The van der Waals surface area contributed by atoms with Gasteiger partial charge in [-0.15, -0.1) is 0 Å². The van der Waals surface area contributed by atoms with E-state index in [0.29, 0.717) is 18.8 Å². The fraction of sp³-hybridized carbons (Fsp3) is 0.833. The summed E-state index contributed by atoms with van der Waals surface area (Å²) in [5.74, 6) is 0.630. The smallest absolute Gasteiger partial charge is 0.252 e. The van der Waals surface area contributed by atoms with E-state index < -0.39 is 5.54 Å². The minimum absolute atomic E-state index is 0.0268. The third-order valence-electron chi connectivity index (χ3n) is 3.15. The second-order valence-electron chi connectivity index (χ2n) is 5.40. The molecule has 2 rings (SSSR count). The predicted octanol–water partition coefficient (Wildman–Crippen LogP) is 0.796. The first kappa shape index (κ1) is 12.4. The number of hydrogen-bond acceptors (Lipinski definition) is 3. The quantitative estimate of drug-likeness (QED) is 0.711. The molecular formula is C12H21N3O2. The van der Waals surface area contributed by atoms with Crippen LogP contribution in [0.1, 0.15) is 40.5 Å². The molecule has 2 saturated heterocycles. The minimum atomic E-state index is -0.523. The maximum absolute atomic E-state index is 12.1. The highest BCUT2D eigenvalue weighted by atomic mass is 16.5. The van der Waals surface area contributed by atoms with Crippen molar-refractivity contribution in [1.29, 1.82) is 0 Å². The van der Waals surface area contributed by atoms with Crippen molar-refractivity contribution in [3.8, 4) is 0 Å². The molecule has 5 nitrogen and oxygen atoms in total. The molecule has 2 atom stereocenters. The average molecular weight is 239 g/mol. The second-order valence-corrected chi connectivity index (χ2v) is 5.40. The largest absolute Gasteiger partial charge is 0.375 e. The van der Waals surface area contributed by atoms with Crippen LogP contribution >= 0.6 is 0 Å². The molecular weight excluding hydrogens is 218 g/mol. The van der Waals surface area contributed by atoms with Gasteiger partial charge in [0, 0.05) is 18.9 Å². The Labute approximate surface area is 102 Å². The molecule has 0 aromatic rings. The molecule has 0 radical (unpaired) electrons. The third kappa shape index (κ3) is 2.44. The average Bonchev–Trinajstić information content (AvgIpc) is 2.38. The van der Waals surface area contributed by atoms with Crippen LogP contribution < -0.4 is 10.6 Å². The van der Waals surface area contributed by atoms with Gasteiger partial charge in [0.05, 0.1) is 12.2 Å². The monoisotopic (exact) mass is 239 g/mol. The molecule has 0 bridgehead atoms. The first-order valence-electron chi connectivity index (χ1n) is 6.24. The standard InChI is InChI=1S/C12H21N3O2/c1-7(2)13-11-14-10(16)12(15-11)5-8(3)17-9(4)6-12/h7-9H,5-6H2,1-4H3,(H2,13,14,15,16). The molecule has 1 amide bonds. The van der Waals surface area contributed by atoms with Gasteiger partial charge >= 0.3 is 0 Å². The Morgan fingerprint density at radius 3 is 2.47 bits per heavy atom. The van der Waals surface area contributed by atoms with Crippen LogP contribution in [0.5, 0.6) is 0 Å². The number of aliphatic imine (C=N–C) groups is 1. The zero-order chi connectivity index (χ0) is 12.6. The van der Waals surface area contributed by atoms with E-state index >= 15 is 0 Å². The molecule has 0 aliphatic carbocycles. The summed E-state index contributed by atoms with van der Waals surface area (Å²) in [7, 11) is 0. The van der Waals surface area contributed by atoms with E-state index in [4.69, 9.17) is 4.74 Å². The van der Waals surface area contributed by atoms with Crippen molar-refractivity contribution in [2.45, 2.75) is 64.3 Å². The molecule has 1 spiro atoms. The van der Waals surface area contributed by atoms with Gasteiger partial charge in [-0.05, 0) is 27.7 Å². The summed E-state index contributed by atoms with van der Waals surface area (Å²) in [6.07, 6.45) is 1.58. The van der Waals surface area contributed by atoms with E-state index in [0.717, 1.165) is 0 Å². The van der Waals surface area contributed by atoms with Crippen molar-refractivity contribution >= 4 is 11.9 Å². The van der Waals surface area contributed by atoms with E-state index in [1.807, 2.05) is 27.7 Å². The highest BCUT2D eigenvalue weighted by molar-refractivity contribution is 6.09. The third-order valence-corrected chi connectivity index (χ3v) is 3.15. The number of carbonyl (C=O) groups is 1. The van der Waals surface area contributed by atoms with Crippen LogP contribution in [0.25, 0.3) is 0 Å². The van der Waals surface area contributed by atoms with Gasteiger partial charge in [-0.25, -0.2) is 0 Å². The van der Waals surface area contributed by atoms with Gasteiger partial charge in [0.25, 0.3) is 5.91 Å². The Hall–Kier alpha value is -1.10. The Bertz CT molecular complexity index is 342. The Balaban J connectivity index is 2.18. The summed E-state index contributed by atoms with van der Waals surface area (Å²) in [5, 5.41) is 6.09. The van der Waals surface area contributed by atoms with Crippen molar-refractivity contribution in [2.75, 3.05) is 0 Å². The van der Waals surface area contributed by atoms with Crippen LogP contribution in [0.2, 0.25) is 0 Å². The summed E-state index contributed by atoms with van der Waals surface area (Å²) in [6, 6.07) is 0.169. The van der Waals surface area contributed by atoms with E-state index in [1.54, 1.807) is 0 Å². The minimum Gasteiger partial charge on any atom is -0.375 e. The fourth-order valence-corrected chi connectivity index (χ4v) is 2.71. The summed E-state index contributed by atoms with van der Waals surface area (Å²) >= 11 is 0. The number of hydrogen-bond donors (Lipinski definition) is 2. The molecule has 5 heteroatoms. The van der Waals surface area contributed by atoms with E-state index in [-0.39, 0.29) is 24.2 Å². The number of ether oxygens (including phenoxy) is 1. The highest BCUT2D eigenvalue weighted by Gasteiger charge is 2.49. The van der Waals surface area contributed by atoms with Crippen molar-refractivity contribution in [2.24, 2.45) is 4.99 Å². The summed E-state index contributed by atoms with van der Waals surface area (Å²) < 4.78 is 5.68. The number of nitrogens with zero attached hydrogens (tertiary/aromatic N) is 1. The van der Waals surface area contributed by atoms with Crippen LogP contribution in [-0.2, 0) is 9.53 Å². The summed E-state index contributed by atoms with van der Waals surface area (Å²) in [6.45, 7) is 7.98. The van der Waals surface area contributed by atoms with Crippen molar-refractivity contribution < 1.29 is 9.53 Å². The molecule has 2 unspecified atom stereocenters.